The molecule has 2 aliphatic heterocycles. The van der Waals surface area contributed by atoms with Gasteiger partial charge in [0, 0.05) is 66.5 Å². The van der Waals surface area contributed by atoms with Crippen molar-refractivity contribution in [2.45, 2.75) is 58.1 Å². The van der Waals surface area contributed by atoms with Crippen LogP contribution in [0.1, 0.15) is 56.7 Å². The maximum Gasteiger partial charge on any atom is 0.265 e. The van der Waals surface area contributed by atoms with E-state index in [0.29, 0.717) is 67.0 Å². The Bertz CT molecular complexity index is 2350. The number of pyridine rings is 1. The van der Waals surface area contributed by atoms with Crippen LogP contribution in [0.3, 0.4) is 0 Å². The number of aromatic nitrogens is 5. The lowest BCUT2D eigenvalue weighted by Crippen LogP contribution is -2.53. The number of nitrogens with zero attached hydrogens (tertiary/aromatic N) is 7. The van der Waals surface area contributed by atoms with Crippen LogP contribution in [-0.4, -0.2) is 82.6 Å². The van der Waals surface area contributed by atoms with Gasteiger partial charge in [0.25, 0.3) is 11.5 Å². The number of hydrogen-bond acceptors (Lipinski definition) is 9. The minimum absolute atomic E-state index is 0.0431. The molecule has 0 aliphatic carbocycles. The maximum absolute atomic E-state index is 14.3. The van der Waals surface area contributed by atoms with Gasteiger partial charge in [-0.2, -0.15) is 0 Å². The minimum Gasteiger partial charge on any atom is -0.388 e. The molecule has 0 spiro atoms. The van der Waals surface area contributed by atoms with Gasteiger partial charge in [0.15, 0.2) is 5.65 Å². The second-order valence-corrected chi connectivity index (χ2v) is 16.6. The van der Waals surface area contributed by atoms with E-state index in [1.54, 1.807) is 23.6 Å². The molecule has 5 aromatic heterocycles. The SMILES string of the molecule is Cc1ccc(-c2nc(C)c(C(=O)N3CC[C@@H](C(=O)N4CCC(O)(Cn5cnc6c(ccn6-c6ccc(C)s6)c5=O)CC4)[C@H](c4ccccc4)C3)s2)cn1. The van der Waals surface area contributed by atoms with Crippen molar-refractivity contribution in [1.29, 1.82) is 0 Å². The number of thiophene rings is 1. The van der Waals surface area contributed by atoms with E-state index < -0.39 is 5.60 Å². The third-order valence-corrected chi connectivity index (χ3v) is 12.9. The van der Waals surface area contributed by atoms with Gasteiger partial charge >= 0.3 is 0 Å². The zero-order chi connectivity index (χ0) is 36.9. The van der Waals surface area contributed by atoms with Gasteiger partial charge in [-0.25, -0.2) is 9.97 Å². The molecule has 0 saturated carbocycles. The molecule has 2 saturated heterocycles. The minimum atomic E-state index is -1.15. The molecule has 2 aliphatic rings. The lowest BCUT2D eigenvalue weighted by atomic mass is 9.79. The summed E-state index contributed by atoms with van der Waals surface area (Å²) < 4.78 is 3.41. The maximum atomic E-state index is 14.3. The Morgan fingerprint density at radius 1 is 0.925 bits per heavy atom. The van der Waals surface area contributed by atoms with Crippen LogP contribution in [0, 0.1) is 26.7 Å². The van der Waals surface area contributed by atoms with Crippen molar-refractivity contribution in [2.75, 3.05) is 26.2 Å². The highest BCUT2D eigenvalue weighted by atomic mass is 32.1. The molecule has 1 aromatic carbocycles. The molecule has 0 bridgehead atoms. The number of benzene rings is 1. The number of piperidine rings is 2. The Hall–Kier alpha value is -4.98. The lowest BCUT2D eigenvalue weighted by Gasteiger charge is -2.43. The molecule has 6 aromatic rings. The van der Waals surface area contributed by atoms with Crippen LogP contribution in [-0.2, 0) is 11.3 Å². The number of rotatable bonds is 7. The van der Waals surface area contributed by atoms with Crippen molar-refractivity contribution >= 4 is 45.5 Å². The smallest absolute Gasteiger partial charge is 0.265 e. The fraction of sp³-hybridized carbons (Fsp3) is 0.350. The average molecular weight is 748 g/mol. The first-order valence-electron chi connectivity index (χ1n) is 18.0. The Morgan fingerprint density at radius 3 is 2.43 bits per heavy atom. The predicted molar refractivity (Wildman–Crippen MR) is 207 cm³/mol. The Balaban J connectivity index is 0.953. The summed E-state index contributed by atoms with van der Waals surface area (Å²) in [5.41, 5.74) is 2.75. The van der Waals surface area contributed by atoms with Crippen molar-refractivity contribution in [3.8, 4) is 15.6 Å². The molecule has 0 unspecified atom stereocenters. The van der Waals surface area contributed by atoms with E-state index in [-0.39, 0.29) is 35.8 Å². The lowest BCUT2D eigenvalue weighted by molar-refractivity contribution is -0.142. The highest BCUT2D eigenvalue weighted by Gasteiger charge is 2.42. The zero-order valence-electron chi connectivity index (χ0n) is 29.9. The Morgan fingerprint density at radius 2 is 1.72 bits per heavy atom. The predicted octanol–water partition coefficient (Wildman–Crippen LogP) is 5.99. The third kappa shape index (κ3) is 6.84. The number of thiazole rings is 1. The second-order valence-electron chi connectivity index (χ2n) is 14.3. The molecule has 2 amide bonds. The number of carbonyl (C=O) groups excluding carboxylic acids is 2. The van der Waals surface area contributed by atoms with Gasteiger partial charge < -0.3 is 14.9 Å². The molecule has 11 nitrogen and oxygen atoms in total. The molecular weight excluding hydrogens is 707 g/mol. The van der Waals surface area contributed by atoms with Gasteiger partial charge in [-0.3, -0.25) is 28.5 Å². The topological polar surface area (TPSA) is 126 Å². The van der Waals surface area contributed by atoms with Crippen molar-refractivity contribution in [3.63, 3.8) is 0 Å². The van der Waals surface area contributed by atoms with E-state index in [0.717, 1.165) is 26.8 Å². The Labute approximate surface area is 315 Å². The van der Waals surface area contributed by atoms with Crippen LogP contribution in [0.5, 0.6) is 0 Å². The largest absolute Gasteiger partial charge is 0.388 e. The first-order valence-corrected chi connectivity index (χ1v) is 19.6. The van der Waals surface area contributed by atoms with Crippen molar-refractivity contribution in [3.05, 3.63) is 116 Å². The normalized spacial score (nSPS) is 18.8. The van der Waals surface area contributed by atoms with Crippen LogP contribution in [0.2, 0.25) is 0 Å². The van der Waals surface area contributed by atoms with Crippen LogP contribution in [0.15, 0.2) is 84.2 Å². The number of carbonyl (C=O) groups is 2. The van der Waals surface area contributed by atoms with Gasteiger partial charge in [0.1, 0.15) is 21.2 Å². The quantitative estimate of drug-likeness (QED) is 0.213. The highest BCUT2D eigenvalue weighted by molar-refractivity contribution is 7.17. The van der Waals surface area contributed by atoms with E-state index in [4.69, 9.17) is 4.98 Å². The molecule has 13 heteroatoms. The fourth-order valence-electron chi connectivity index (χ4n) is 7.68. The number of aryl methyl sites for hydroxylation is 3. The van der Waals surface area contributed by atoms with E-state index in [2.05, 4.69) is 9.97 Å². The first kappa shape index (κ1) is 35.1. The van der Waals surface area contributed by atoms with Crippen LogP contribution in [0.4, 0.5) is 0 Å². The van der Waals surface area contributed by atoms with Gasteiger partial charge in [-0.05, 0) is 75.9 Å². The summed E-state index contributed by atoms with van der Waals surface area (Å²) in [6, 6.07) is 19.7. The fourth-order valence-corrected chi connectivity index (χ4v) is 9.55. The molecular formula is C40H41N7O4S2. The summed E-state index contributed by atoms with van der Waals surface area (Å²) in [4.78, 5) is 61.0. The monoisotopic (exact) mass is 747 g/mol. The number of fused-ring (bicyclic) bond motifs is 1. The van der Waals surface area contributed by atoms with E-state index in [9.17, 15) is 19.5 Å². The summed E-state index contributed by atoms with van der Waals surface area (Å²) >= 11 is 3.01. The summed E-state index contributed by atoms with van der Waals surface area (Å²) in [5, 5.41) is 13.9. The highest BCUT2D eigenvalue weighted by Crippen LogP contribution is 2.37. The van der Waals surface area contributed by atoms with Crippen LogP contribution < -0.4 is 5.56 Å². The van der Waals surface area contributed by atoms with E-state index >= 15 is 0 Å². The molecule has 272 valence electrons. The Kier molecular flexibility index (Phi) is 9.33. The summed E-state index contributed by atoms with van der Waals surface area (Å²) in [6.45, 7) is 7.58. The molecule has 0 radical (unpaired) electrons. The van der Waals surface area contributed by atoms with Crippen LogP contribution >= 0.6 is 22.7 Å². The van der Waals surface area contributed by atoms with E-state index in [1.165, 1.54) is 27.1 Å². The summed E-state index contributed by atoms with van der Waals surface area (Å²) in [7, 11) is 0. The molecule has 2 atom stereocenters. The first-order chi connectivity index (χ1) is 25.6. The van der Waals surface area contributed by atoms with Gasteiger partial charge in [0.2, 0.25) is 5.91 Å². The van der Waals surface area contributed by atoms with Crippen molar-refractivity contribution in [2.24, 2.45) is 5.92 Å². The molecule has 2 fully saturated rings. The molecule has 7 heterocycles. The van der Waals surface area contributed by atoms with Crippen LogP contribution in [0.25, 0.3) is 26.6 Å². The summed E-state index contributed by atoms with van der Waals surface area (Å²) in [6.07, 6.45) is 6.38. The third-order valence-electron chi connectivity index (χ3n) is 10.7. The average Bonchev–Trinajstić information content (AvgIpc) is 3.91. The van der Waals surface area contributed by atoms with Gasteiger partial charge in [-0.15, -0.1) is 22.7 Å². The number of amides is 2. The zero-order valence-corrected chi connectivity index (χ0v) is 31.6. The van der Waals surface area contributed by atoms with E-state index in [1.807, 2.05) is 95.9 Å². The van der Waals surface area contributed by atoms with Crippen molar-refractivity contribution in [1.82, 2.24) is 33.9 Å². The van der Waals surface area contributed by atoms with Gasteiger partial charge in [0.05, 0.1) is 23.2 Å². The summed E-state index contributed by atoms with van der Waals surface area (Å²) in [5.74, 6) is -0.517. The van der Waals surface area contributed by atoms with Crippen molar-refractivity contribution < 1.29 is 14.7 Å². The molecule has 1 N–H and O–H groups in total. The van der Waals surface area contributed by atoms with Gasteiger partial charge in [-0.1, -0.05) is 30.3 Å². The number of likely N-dealkylation sites (tertiary alicyclic amines) is 2. The standard InChI is InChI=1S/C40H41N7O4S2/c1-25-9-11-29(21-41-25)36-43-27(3)34(53-36)39(50)45-17-13-30(32(22-45)28-7-5-4-6-8-28)37(48)44-19-15-40(51,16-20-44)23-46-24-42-35-31(38(46)49)14-18-47(35)33-12-10-26(2)52-33/h4-12,14,18,21,24,30,32,51H,13,15-17,19-20,22-23H2,1-3H3/t30-,32+/m1/s1. The number of hydrogen-bond donors (Lipinski definition) is 1. The second kappa shape index (κ2) is 14.1. The molecule has 53 heavy (non-hydrogen) atoms. The number of aliphatic hydroxyl groups is 1. The molecule has 8 rings (SSSR count).